The summed E-state index contributed by atoms with van der Waals surface area (Å²) in [5, 5.41) is 2.76. The molecule has 0 aliphatic rings. The van der Waals surface area contributed by atoms with Gasteiger partial charge in [-0.1, -0.05) is 6.92 Å². The van der Waals surface area contributed by atoms with Gasteiger partial charge in [0.15, 0.2) is 23.3 Å². The zero-order valence-electron chi connectivity index (χ0n) is 10.2. The van der Waals surface area contributed by atoms with E-state index in [0.29, 0.717) is 18.8 Å². The van der Waals surface area contributed by atoms with Gasteiger partial charge in [-0.15, -0.1) is 0 Å². The molecule has 0 bridgehead atoms. The van der Waals surface area contributed by atoms with Gasteiger partial charge in [0.25, 0.3) is 0 Å². The first-order chi connectivity index (χ1) is 8.67. The van der Waals surface area contributed by atoms with E-state index in [1.165, 1.54) is 4.57 Å². The summed E-state index contributed by atoms with van der Waals surface area (Å²) in [4.78, 5) is 8.07. The van der Waals surface area contributed by atoms with Gasteiger partial charge in [-0.3, -0.25) is 4.57 Å². The highest BCUT2D eigenvalue weighted by Gasteiger charge is 2.14. The van der Waals surface area contributed by atoms with Crippen LogP contribution >= 0.6 is 0 Å². The number of aromatic nitrogens is 3. The van der Waals surface area contributed by atoms with Crippen LogP contribution in [-0.4, -0.2) is 21.1 Å². The third kappa shape index (κ3) is 2.18. The molecule has 0 aliphatic heterocycles. The van der Waals surface area contributed by atoms with Gasteiger partial charge in [0.1, 0.15) is 5.82 Å². The van der Waals surface area contributed by atoms with Gasteiger partial charge >= 0.3 is 0 Å². The van der Waals surface area contributed by atoms with Crippen molar-refractivity contribution in [2.75, 3.05) is 11.9 Å². The van der Waals surface area contributed by atoms with Crippen molar-refractivity contribution in [3.8, 4) is 5.82 Å². The number of imidazole rings is 1. The highest BCUT2D eigenvalue weighted by molar-refractivity contribution is 5.42. The van der Waals surface area contributed by atoms with Crippen LogP contribution in [0.5, 0.6) is 0 Å². The summed E-state index contributed by atoms with van der Waals surface area (Å²) in [6.45, 7) is 4.24. The summed E-state index contributed by atoms with van der Waals surface area (Å²) < 4.78 is 28.7. The third-order valence-corrected chi connectivity index (χ3v) is 2.52. The van der Waals surface area contributed by atoms with E-state index in [-0.39, 0.29) is 11.6 Å². The minimum atomic E-state index is -0.707. The number of aryl methyl sites for hydroxylation is 1. The van der Waals surface area contributed by atoms with E-state index >= 15 is 0 Å². The normalized spacial score (nSPS) is 10.7. The highest BCUT2D eigenvalue weighted by atomic mass is 19.1. The Balaban J connectivity index is 2.53. The Morgan fingerprint density at radius 2 is 2.06 bits per heavy atom. The molecule has 18 heavy (non-hydrogen) atoms. The number of anilines is 1. The molecule has 0 aliphatic carbocycles. The van der Waals surface area contributed by atoms with E-state index in [0.717, 1.165) is 6.07 Å². The van der Waals surface area contributed by atoms with Crippen molar-refractivity contribution in [1.29, 1.82) is 0 Å². The molecule has 4 nitrogen and oxygen atoms in total. The summed E-state index contributed by atoms with van der Waals surface area (Å²) in [7, 11) is 0. The Hall–Kier alpha value is -1.98. The minimum absolute atomic E-state index is 0.0460. The van der Waals surface area contributed by atoms with Crippen LogP contribution in [-0.2, 0) is 6.42 Å². The zero-order valence-corrected chi connectivity index (χ0v) is 10.2. The predicted octanol–water partition coefficient (Wildman–Crippen LogP) is 2.54. The van der Waals surface area contributed by atoms with Gasteiger partial charge in [0.05, 0.1) is 0 Å². The number of pyridine rings is 1. The first-order valence-electron chi connectivity index (χ1n) is 5.79. The molecule has 1 N–H and O–H groups in total. The average molecular weight is 252 g/mol. The smallest absolute Gasteiger partial charge is 0.176 e. The lowest BCUT2D eigenvalue weighted by atomic mass is 10.3. The zero-order chi connectivity index (χ0) is 13.1. The predicted molar refractivity (Wildman–Crippen MR) is 64.8 cm³/mol. The molecule has 2 rings (SSSR count). The summed E-state index contributed by atoms with van der Waals surface area (Å²) in [5.74, 6) is -0.625. The number of rotatable bonds is 4. The fourth-order valence-corrected chi connectivity index (χ4v) is 1.71. The van der Waals surface area contributed by atoms with E-state index < -0.39 is 11.6 Å². The monoisotopic (exact) mass is 252 g/mol. The van der Waals surface area contributed by atoms with Gasteiger partial charge < -0.3 is 5.32 Å². The second-order valence-corrected chi connectivity index (χ2v) is 3.72. The second-order valence-electron chi connectivity index (χ2n) is 3.72. The van der Waals surface area contributed by atoms with Crippen molar-refractivity contribution in [2.24, 2.45) is 0 Å². The van der Waals surface area contributed by atoms with E-state index in [9.17, 15) is 8.78 Å². The molecule has 0 unspecified atom stereocenters. The highest BCUT2D eigenvalue weighted by Crippen LogP contribution is 2.19. The van der Waals surface area contributed by atoms with Crippen LogP contribution in [0.2, 0.25) is 0 Å². The largest absolute Gasteiger partial charge is 0.368 e. The van der Waals surface area contributed by atoms with Crippen LogP contribution in [0.15, 0.2) is 18.5 Å². The molecule has 0 fully saturated rings. The van der Waals surface area contributed by atoms with Crippen molar-refractivity contribution in [3.05, 3.63) is 35.9 Å². The molecule has 0 saturated carbocycles. The van der Waals surface area contributed by atoms with Crippen LogP contribution in [0, 0.1) is 11.6 Å². The molecule has 96 valence electrons. The molecular weight excluding hydrogens is 238 g/mol. The lowest BCUT2D eigenvalue weighted by molar-refractivity contribution is 0.566. The Bertz CT molecular complexity index is 551. The van der Waals surface area contributed by atoms with E-state index in [1.54, 1.807) is 12.4 Å². The summed E-state index contributed by atoms with van der Waals surface area (Å²) in [5.41, 5.74) is 0. The van der Waals surface area contributed by atoms with Crippen molar-refractivity contribution >= 4 is 5.82 Å². The fraction of sp³-hybridized carbons (Fsp3) is 0.333. The molecule has 6 heteroatoms. The Morgan fingerprint density at radius 3 is 2.72 bits per heavy atom. The summed E-state index contributed by atoms with van der Waals surface area (Å²) in [6, 6.07) is 0.833. The Morgan fingerprint density at radius 1 is 1.28 bits per heavy atom. The van der Waals surface area contributed by atoms with Gasteiger partial charge in [0.2, 0.25) is 0 Å². The number of halogens is 2. The van der Waals surface area contributed by atoms with Gasteiger partial charge in [-0.2, -0.15) is 0 Å². The van der Waals surface area contributed by atoms with Crippen LogP contribution < -0.4 is 5.32 Å². The lowest BCUT2D eigenvalue weighted by Crippen LogP contribution is -2.09. The Kier molecular flexibility index (Phi) is 3.55. The first-order valence-corrected chi connectivity index (χ1v) is 5.79. The van der Waals surface area contributed by atoms with Gasteiger partial charge in [-0.05, 0) is 6.92 Å². The fourth-order valence-electron chi connectivity index (χ4n) is 1.71. The number of hydrogen-bond acceptors (Lipinski definition) is 3. The molecule has 0 atom stereocenters. The molecule has 0 aromatic carbocycles. The standard InChI is InChI=1S/C12H14F2N4/c1-3-10-16-5-6-18(10)12-9(14)7-8(13)11(17-12)15-4-2/h5-7H,3-4H2,1-2H3,(H,15,17). The maximum Gasteiger partial charge on any atom is 0.176 e. The number of nitrogens with zero attached hydrogens (tertiary/aromatic N) is 3. The van der Waals surface area contributed by atoms with Gasteiger partial charge in [-0.25, -0.2) is 18.7 Å². The topological polar surface area (TPSA) is 42.7 Å². The van der Waals surface area contributed by atoms with Crippen molar-refractivity contribution < 1.29 is 8.78 Å². The number of hydrogen-bond donors (Lipinski definition) is 1. The van der Waals surface area contributed by atoms with Crippen LogP contribution in [0.4, 0.5) is 14.6 Å². The molecule has 2 aromatic heterocycles. The lowest BCUT2D eigenvalue weighted by Gasteiger charge is -2.10. The molecule has 2 aromatic rings. The van der Waals surface area contributed by atoms with Crippen molar-refractivity contribution in [3.63, 3.8) is 0 Å². The minimum Gasteiger partial charge on any atom is -0.368 e. The van der Waals surface area contributed by atoms with Crippen molar-refractivity contribution in [2.45, 2.75) is 20.3 Å². The quantitative estimate of drug-likeness (QED) is 0.909. The maximum absolute atomic E-state index is 13.8. The second kappa shape index (κ2) is 5.12. The third-order valence-electron chi connectivity index (χ3n) is 2.52. The molecule has 0 saturated heterocycles. The van der Waals surface area contributed by atoms with Gasteiger partial charge in [0, 0.05) is 31.4 Å². The van der Waals surface area contributed by atoms with E-state index in [2.05, 4.69) is 15.3 Å². The van der Waals surface area contributed by atoms with Crippen LogP contribution in [0.3, 0.4) is 0 Å². The molecule has 0 spiro atoms. The maximum atomic E-state index is 13.8. The average Bonchev–Trinajstić information content (AvgIpc) is 2.80. The number of nitrogens with one attached hydrogen (secondary N) is 1. The van der Waals surface area contributed by atoms with Crippen molar-refractivity contribution in [1.82, 2.24) is 14.5 Å². The first kappa shape index (κ1) is 12.5. The van der Waals surface area contributed by atoms with E-state index in [1.807, 2.05) is 13.8 Å². The molecule has 2 heterocycles. The SMILES string of the molecule is CCNc1nc(-n2ccnc2CC)c(F)cc1F. The molecule has 0 radical (unpaired) electrons. The molecular formula is C12H14F2N4. The van der Waals surface area contributed by atoms with E-state index in [4.69, 9.17) is 0 Å². The van der Waals surface area contributed by atoms with Crippen LogP contribution in [0.1, 0.15) is 19.7 Å². The molecule has 0 amide bonds. The summed E-state index contributed by atoms with van der Waals surface area (Å²) >= 11 is 0. The van der Waals surface area contributed by atoms with Crippen LogP contribution in [0.25, 0.3) is 5.82 Å². The Labute approximate surface area is 104 Å². The summed E-state index contributed by atoms with van der Waals surface area (Å²) in [6.07, 6.45) is 3.82.